The van der Waals surface area contributed by atoms with E-state index in [9.17, 15) is 13.2 Å². The second kappa shape index (κ2) is 9.35. The van der Waals surface area contributed by atoms with Gasteiger partial charge in [-0.2, -0.15) is 0 Å². The van der Waals surface area contributed by atoms with Crippen LogP contribution in [-0.2, 0) is 21.2 Å². The lowest BCUT2D eigenvalue weighted by atomic mass is 9.88. The van der Waals surface area contributed by atoms with Gasteiger partial charge >= 0.3 is 0 Å². The number of hydrogen-bond acceptors (Lipinski definition) is 3. The van der Waals surface area contributed by atoms with Gasteiger partial charge in [-0.3, -0.25) is 9.10 Å². The quantitative estimate of drug-likeness (QED) is 0.551. The van der Waals surface area contributed by atoms with Crippen LogP contribution in [0.4, 0.5) is 5.69 Å². The van der Waals surface area contributed by atoms with Crippen molar-refractivity contribution in [1.82, 2.24) is 5.32 Å². The van der Waals surface area contributed by atoms with E-state index < -0.39 is 10.0 Å². The minimum atomic E-state index is -3.98. The van der Waals surface area contributed by atoms with Crippen molar-refractivity contribution in [2.75, 3.05) is 10.8 Å². The maximum Gasteiger partial charge on any atom is 0.264 e. The molecule has 1 N–H and O–H groups in total. The van der Waals surface area contributed by atoms with Crippen molar-refractivity contribution in [2.45, 2.75) is 37.1 Å². The molecule has 0 heterocycles. The second-order valence-electron chi connectivity index (χ2n) is 7.92. The number of nitrogens with zero attached hydrogens (tertiary/aromatic N) is 1. The summed E-state index contributed by atoms with van der Waals surface area (Å²) in [6.07, 6.45) is 2.78. The molecule has 0 saturated heterocycles. The van der Waals surface area contributed by atoms with Gasteiger partial charge in [0.15, 0.2) is 0 Å². The third-order valence-corrected chi connectivity index (χ3v) is 8.01. The number of benzene rings is 3. The van der Waals surface area contributed by atoms with Gasteiger partial charge in [0.25, 0.3) is 10.0 Å². The second-order valence-corrected chi connectivity index (χ2v) is 10.2. The molecule has 0 aromatic heterocycles. The Morgan fingerprint density at radius 2 is 1.75 bits per heavy atom. The Bertz CT molecular complexity index is 1230. The first-order valence-electron chi connectivity index (χ1n) is 10.6. The highest BCUT2D eigenvalue weighted by atomic mass is 35.5. The zero-order valence-electron chi connectivity index (χ0n) is 17.8. The molecule has 0 saturated carbocycles. The highest BCUT2D eigenvalue weighted by Crippen LogP contribution is 2.32. The number of fused-ring (bicyclic) bond motifs is 1. The monoisotopic (exact) mass is 468 g/mol. The minimum absolute atomic E-state index is 0.121. The number of carbonyl (C=O) groups excluding carboxylic acids is 1. The maximum absolute atomic E-state index is 13.5. The van der Waals surface area contributed by atoms with Crippen molar-refractivity contribution in [1.29, 1.82) is 0 Å². The number of anilines is 1. The minimum Gasteiger partial charge on any atom is -0.348 e. The number of carbonyl (C=O) groups is 1. The normalized spacial score (nSPS) is 15.6. The Kier molecular flexibility index (Phi) is 6.53. The fourth-order valence-corrected chi connectivity index (χ4v) is 5.83. The highest BCUT2D eigenvalue weighted by molar-refractivity contribution is 7.92. The van der Waals surface area contributed by atoms with Gasteiger partial charge in [-0.05, 0) is 67.1 Å². The average molecular weight is 469 g/mol. The predicted molar refractivity (Wildman–Crippen MR) is 127 cm³/mol. The van der Waals surface area contributed by atoms with Crippen molar-refractivity contribution in [3.63, 3.8) is 0 Å². The van der Waals surface area contributed by atoms with Gasteiger partial charge < -0.3 is 5.32 Å². The topological polar surface area (TPSA) is 66.5 Å². The smallest absolute Gasteiger partial charge is 0.264 e. The van der Waals surface area contributed by atoms with E-state index >= 15 is 0 Å². The molecule has 5 nitrogen and oxygen atoms in total. The Balaban J connectivity index is 1.66. The molecular formula is C25H25ClN2O3S. The molecule has 1 amide bonds. The van der Waals surface area contributed by atoms with Crippen molar-refractivity contribution >= 4 is 33.2 Å². The van der Waals surface area contributed by atoms with Gasteiger partial charge in [0.05, 0.1) is 16.6 Å². The van der Waals surface area contributed by atoms with Crippen LogP contribution in [0.1, 0.15) is 35.6 Å². The van der Waals surface area contributed by atoms with Crippen molar-refractivity contribution < 1.29 is 13.2 Å². The van der Waals surface area contributed by atoms with Gasteiger partial charge in [-0.15, -0.1) is 0 Å². The van der Waals surface area contributed by atoms with E-state index in [1.165, 1.54) is 17.7 Å². The number of sulfonamides is 1. The van der Waals surface area contributed by atoms with Gasteiger partial charge in [0, 0.05) is 5.02 Å². The summed E-state index contributed by atoms with van der Waals surface area (Å²) in [6.45, 7) is 1.41. The zero-order valence-corrected chi connectivity index (χ0v) is 19.4. The summed E-state index contributed by atoms with van der Waals surface area (Å²) in [7, 11) is -3.98. The largest absolute Gasteiger partial charge is 0.348 e. The molecule has 166 valence electrons. The molecule has 4 rings (SSSR count). The van der Waals surface area contributed by atoms with Gasteiger partial charge in [-0.25, -0.2) is 8.42 Å². The van der Waals surface area contributed by atoms with E-state index in [0.717, 1.165) is 29.1 Å². The van der Waals surface area contributed by atoms with E-state index in [4.69, 9.17) is 11.6 Å². The first kappa shape index (κ1) is 22.4. The van der Waals surface area contributed by atoms with Crippen LogP contribution in [0.25, 0.3) is 0 Å². The summed E-state index contributed by atoms with van der Waals surface area (Å²) in [4.78, 5) is 13.2. The molecule has 1 aliphatic rings. The summed E-state index contributed by atoms with van der Waals surface area (Å²) in [5.41, 5.74) is 3.32. The van der Waals surface area contributed by atoms with E-state index in [0.29, 0.717) is 16.3 Å². The highest BCUT2D eigenvalue weighted by Gasteiger charge is 2.30. The maximum atomic E-state index is 13.5. The average Bonchev–Trinajstić information content (AvgIpc) is 2.80. The lowest BCUT2D eigenvalue weighted by Gasteiger charge is -2.29. The number of hydrogen-bond donors (Lipinski definition) is 1. The third-order valence-electron chi connectivity index (χ3n) is 5.83. The molecule has 3 aromatic carbocycles. The van der Waals surface area contributed by atoms with Crippen LogP contribution in [0.2, 0.25) is 5.02 Å². The number of amides is 1. The molecule has 0 fully saturated rings. The number of nitrogens with one attached hydrogen (secondary N) is 1. The van der Waals surface area contributed by atoms with Gasteiger partial charge in [0.2, 0.25) is 5.91 Å². The number of aryl methyl sites for hydroxylation is 1. The van der Waals surface area contributed by atoms with Crippen LogP contribution in [0.3, 0.4) is 0 Å². The van der Waals surface area contributed by atoms with Crippen molar-refractivity contribution in [3.8, 4) is 0 Å². The summed E-state index contributed by atoms with van der Waals surface area (Å²) < 4.78 is 28.2. The molecule has 1 aliphatic carbocycles. The number of halogens is 1. The summed E-state index contributed by atoms with van der Waals surface area (Å²) in [5.74, 6) is -0.356. The van der Waals surface area contributed by atoms with Gasteiger partial charge in [-0.1, -0.05) is 60.1 Å². The number of rotatable bonds is 6. The molecular weight excluding hydrogens is 444 g/mol. The molecule has 7 heteroatoms. The molecule has 32 heavy (non-hydrogen) atoms. The third kappa shape index (κ3) is 4.52. The summed E-state index contributed by atoms with van der Waals surface area (Å²) in [5, 5.41) is 3.50. The molecule has 0 aliphatic heterocycles. The Morgan fingerprint density at radius 1 is 1.03 bits per heavy atom. The molecule has 0 radical (unpaired) electrons. The van der Waals surface area contributed by atoms with Crippen LogP contribution < -0.4 is 9.62 Å². The summed E-state index contributed by atoms with van der Waals surface area (Å²) >= 11 is 6.28. The van der Waals surface area contributed by atoms with E-state index in [1.807, 2.05) is 18.2 Å². The SMILES string of the molecule is Cc1c(Cl)cccc1N(CC(=O)N[C@@H]1CCCc2ccccc21)S(=O)(=O)c1ccccc1. The lowest BCUT2D eigenvalue weighted by Crippen LogP contribution is -2.42. The molecule has 0 unspecified atom stereocenters. The van der Waals surface area contributed by atoms with Crippen molar-refractivity contribution in [3.05, 3.63) is 94.5 Å². The van der Waals surface area contributed by atoms with Gasteiger partial charge in [0.1, 0.15) is 6.54 Å². The van der Waals surface area contributed by atoms with E-state index in [1.54, 1.807) is 43.3 Å². The first-order chi connectivity index (χ1) is 15.4. The predicted octanol–water partition coefficient (Wildman–Crippen LogP) is 5.04. The fourth-order valence-electron chi connectivity index (χ4n) is 4.16. The Morgan fingerprint density at radius 3 is 2.53 bits per heavy atom. The molecule has 0 bridgehead atoms. The fraction of sp³-hybridized carbons (Fsp3) is 0.240. The van der Waals surface area contributed by atoms with E-state index in [-0.39, 0.29) is 23.4 Å². The molecule has 3 aromatic rings. The first-order valence-corrected chi connectivity index (χ1v) is 12.4. The molecule has 0 spiro atoms. The Labute approximate surface area is 194 Å². The zero-order chi connectivity index (χ0) is 22.7. The molecule has 1 atom stereocenters. The van der Waals surface area contributed by atoms with Crippen LogP contribution >= 0.6 is 11.6 Å². The van der Waals surface area contributed by atoms with Crippen LogP contribution in [-0.4, -0.2) is 20.9 Å². The standard InChI is InChI=1S/C25H25ClN2O3S/c1-18-22(26)14-8-16-24(18)28(32(30,31)20-11-3-2-4-12-20)17-25(29)27-23-15-7-10-19-9-5-6-13-21(19)23/h2-6,8-9,11-14,16,23H,7,10,15,17H2,1H3,(H,27,29)/t23-/m1/s1. The summed E-state index contributed by atoms with van der Waals surface area (Å²) in [6, 6.07) is 21.1. The van der Waals surface area contributed by atoms with Crippen LogP contribution in [0.5, 0.6) is 0 Å². The Hall–Kier alpha value is -2.83. The van der Waals surface area contributed by atoms with Crippen molar-refractivity contribution in [2.24, 2.45) is 0 Å². The van der Waals surface area contributed by atoms with E-state index in [2.05, 4.69) is 11.4 Å². The van der Waals surface area contributed by atoms with Crippen LogP contribution in [0.15, 0.2) is 77.7 Å². The lowest BCUT2D eigenvalue weighted by molar-refractivity contribution is -0.120. The van der Waals surface area contributed by atoms with Crippen LogP contribution in [0, 0.1) is 6.92 Å².